The van der Waals surface area contributed by atoms with E-state index in [1.807, 2.05) is 24.1 Å². The second-order valence-electron chi connectivity index (χ2n) is 4.34. The number of anilines is 1. The quantitative estimate of drug-likeness (QED) is 0.841. The van der Waals surface area contributed by atoms with Gasteiger partial charge in [-0.1, -0.05) is 6.07 Å². The normalized spacial score (nSPS) is 10.8. The third-order valence-electron chi connectivity index (χ3n) is 2.78. The first-order chi connectivity index (χ1) is 8.66. The molecular weight excluding hydrogens is 229 g/mol. The van der Waals surface area contributed by atoms with Gasteiger partial charge >= 0.3 is 0 Å². The lowest BCUT2D eigenvalue weighted by atomic mass is 10.1. The Labute approximate surface area is 106 Å². The van der Waals surface area contributed by atoms with Gasteiger partial charge in [0.15, 0.2) is 0 Å². The molecule has 0 atom stereocenters. The minimum Gasteiger partial charge on any atom is -0.398 e. The van der Waals surface area contributed by atoms with E-state index in [-0.39, 0.29) is 5.82 Å². The Kier molecular flexibility index (Phi) is 3.89. The standard InChI is InChI=1S/C14H16FN3/c1-18(9-11-5-7-17-8-6-11)10-12-13(15)3-2-4-14(12)16/h2-8H,9-10,16H2,1H3. The number of nitrogen functional groups attached to an aromatic ring is 1. The maximum absolute atomic E-state index is 13.6. The van der Waals surface area contributed by atoms with Crippen LogP contribution in [-0.2, 0) is 13.1 Å². The molecule has 0 bridgehead atoms. The van der Waals surface area contributed by atoms with E-state index in [4.69, 9.17) is 5.73 Å². The third kappa shape index (κ3) is 3.05. The van der Waals surface area contributed by atoms with E-state index < -0.39 is 0 Å². The van der Waals surface area contributed by atoms with Gasteiger partial charge in [0.25, 0.3) is 0 Å². The summed E-state index contributed by atoms with van der Waals surface area (Å²) in [6, 6.07) is 8.67. The molecule has 4 heteroatoms. The van der Waals surface area contributed by atoms with Crippen LogP contribution in [0.4, 0.5) is 10.1 Å². The van der Waals surface area contributed by atoms with Crippen molar-refractivity contribution in [1.82, 2.24) is 9.88 Å². The zero-order valence-electron chi connectivity index (χ0n) is 10.3. The van der Waals surface area contributed by atoms with E-state index in [1.54, 1.807) is 24.5 Å². The average molecular weight is 245 g/mol. The molecule has 2 rings (SSSR count). The van der Waals surface area contributed by atoms with Gasteiger partial charge in [0.05, 0.1) is 0 Å². The van der Waals surface area contributed by atoms with Crippen LogP contribution >= 0.6 is 0 Å². The van der Waals surface area contributed by atoms with Crippen molar-refractivity contribution in [3.63, 3.8) is 0 Å². The van der Waals surface area contributed by atoms with E-state index in [1.165, 1.54) is 6.07 Å². The number of benzene rings is 1. The Morgan fingerprint density at radius 2 is 1.89 bits per heavy atom. The molecule has 0 unspecified atom stereocenters. The Morgan fingerprint density at radius 3 is 2.56 bits per heavy atom. The molecule has 2 N–H and O–H groups in total. The number of aromatic nitrogens is 1. The van der Waals surface area contributed by atoms with E-state index >= 15 is 0 Å². The van der Waals surface area contributed by atoms with Gasteiger partial charge in [-0.25, -0.2) is 4.39 Å². The maximum Gasteiger partial charge on any atom is 0.129 e. The number of rotatable bonds is 4. The van der Waals surface area contributed by atoms with Crippen molar-refractivity contribution in [2.75, 3.05) is 12.8 Å². The van der Waals surface area contributed by atoms with Crippen LogP contribution in [0.3, 0.4) is 0 Å². The topological polar surface area (TPSA) is 42.2 Å². The first-order valence-electron chi connectivity index (χ1n) is 5.77. The summed E-state index contributed by atoms with van der Waals surface area (Å²) in [6.45, 7) is 1.22. The van der Waals surface area contributed by atoms with Gasteiger partial charge in [0, 0.05) is 36.7 Å². The van der Waals surface area contributed by atoms with Gasteiger partial charge in [0.1, 0.15) is 5.82 Å². The predicted octanol–water partition coefficient (Wildman–Crippen LogP) is 2.43. The van der Waals surface area contributed by atoms with Crippen LogP contribution in [0.2, 0.25) is 0 Å². The van der Waals surface area contributed by atoms with Crippen molar-refractivity contribution in [2.24, 2.45) is 0 Å². The summed E-state index contributed by atoms with van der Waals surface area (Å²) in [5.41, 5.74) is 7.97. The summed E-state index contributed by atoms with van der Waals surface area (Å²) in [5.74, 6) is -0.253. The molecule has 1 heterocycles. The summed E-state index contributed by atoms with van der Waals surface area (Å²) in [4.78, 5) is 5.98. The number of halogens is 1. The molecular formula is C14H16FN3. The van der Waals surface area contributed by atoms with E-state index in [0.29, 0.717) is 17.8 Å². The van der Waals surface area contributed by atoms with Gasteiger partial charge in [-0.05, 0) is 36.9 Å². The molecule has 0 aliphatic heterocycles. The molecule has 0 fully saturated rings. The fraction of sp³-hybridized carbons (Fsp3) is 0.214. The van der Waals surface area contributed by atoms with Crippen molar-refractivity contribution in [3.8, 4) is 0 Å². The molecule has 0 spiro atoms. The molecule has 0 saturated heterocycles. The fourth-order valence-corrected chi connectivity index (χ4v) is 1.87. The van der Waals surface area contributed by atoms with Gasteiger partial charge in [0.2, 0.25) is 0 Å². The predicted molar refractivity (Wildman–Crippen MR) is 70.2 cm³/mol. The van der Waals surface area contributed by atoms with Crippen molar-refractivity contribution >= 4 is 5.69 Å². The van der Waals surface area contributed by atoms with Crippen molar-refractivity contribution in [2.45, 2.75) is 13.1 Å². The highest BCUT2D eigenvalue weighted by molar-refractivity contribution is 5.47. The van der Waals surface area contributed by atoms with Crippen molar-refractivity contribution in [1.29, 1.82) is 0 Å². The number of nitrogens with zero attached hydrogens (tertiary/aromatic N) is 2. The summed E-state index contributed by atoms with van der Waals surface area (Å²) in [7, 11) is 1.94. The summed E-state index contributed by atoms with van der Waals surface area (Å²) < 4.78 is 13.6. The second kappa shape index (κ2) is 5.60. The van der Waals surface area contributed by atoms with E-state index in [0.717, 1.165) is 12.1 Å². The number of hydrogen-bond acceptors (Lipinski definition) is 3. The first kappa shape index (κ1) is 12.5. The Balaban J connectivity index is 2.06. The monoisotopic (exact) mass is 245 g/mol. The minimum absolute atomic E-state index is 0.253. The van der Waals surface area contributed by atoms with Crippen LogP contribution in [0.5, 0.6) is 0 Å². The zero-order chi connectivity index (χ0) is 13.0. The average Bonchev–Trinajstić information content (AvgIpc) is 2.35. The number of nitrogens with two attached hydrogens (primary N) is 1. The number of hydrogen-bond donors (Lipinski definition) is 1. The SMILES string of the molecule is CN(Cc1ccncc1)Cc1c(N)cccc1F. The Hall–Kier alpha value is -1.94. The third-order valence-corrected chi connectivity index (χ3v) is 2.78. The van der Waals surface area contributed by atoms with Crippen molar-refractivity contribution < 1.29 is 4.39 Å². The molecule has 0 aliphatic carbocycles. The first-order valence-corrected chi connectivity index (χ1v) is 5.77. The molecule has 18 heavy (non-hydrogen) atoms. The molecule has 0 amide bonds. The van der Waals surface area contributed by atoms with Crippen LogP contribution in [0.1, 0.15) is 11.1 Å². The van der Waals surface area contributed by atoms with Crippen molar-refractivity contribution in [3.05, 3.63) is 59.7 Å². The van der Waals surface area contributed by atoms with Gasteiger partial charge < -0.3 is 5.73 Å². The molecule has 1 aromatic heterocycles. The highest BCUT2D eigenvalue weighted by atomic mass is 19.1. The van der Waals surface area contributed by atoms with E-state index in [9.17, 15) is 4.39 Å². The Morgan fingerprint density at radius 1 is 1.17 bits per heavy atom. The lowest BCUT2D eigenvalue weighted by molar-refractivity contribution is 0.314. The molecule has 2 aromatic rings. The molecule has 1 aromatic carbocycles. The smallest absolute Gasteiger partial charge is 0.129 e. The van der Waals surface area contributed by atoms with Gasteiger partial charge in [-0.15, -0.1) is 0 Å². The minimum atomic E-state index is -0.253. The molecule has 0 aliphatic rings. The lowest BCUT2D eigenvalue weighted by Crippen LogP contribution is -2.19. The fourth-order valence-electron chi connectivity index (χ4n) is 1.87. The molecule has 3 nitrogen and oxygen atoms in total. The Bertz CT molecular complexity index is 493. The number of pyridine rings is 1. The highest BCUT2D eigenvalue weighted by Crippen LogP contribution is 2.18. The van der Waals surface area contributed by atoms with Gasteiger partial charge in [-0.2, -0.15) is 0 Å². The van der Waals surface area contributed by atoms with Crippen LogP contribution in [0, 0.1) is 5.82 Å². The largest absolute Gasteiger partial charge is 0.398 e. The van der Waals surface area contributed by atoms with E-state index in [2.05, 4.69) is 4.98 Å². The highest BCUT2D eigenvalue weighted by Gasteiger charge is 2.09. The second-order valence-corrected chi connectivity index (χ2v) is 4.34. The molecule has 0 saturated carbocycles. The summed E-state index contributed by atoms with van der Waals surface area (Å²) >= 11 is 0. The van der Waals surface area contributed by atoms with Crippen LogP contribution in [0.15, 0.2) is 42.7 Å². The van der Waals surface area contributed by atoms with Crippen LogP contribution in [0.25, 0.3) is 0 Å². The van der Waals surface area contributed by atoms with Crippen LogP contribution < -0.4 is 5.73 Å². The van der Waals surface area contributed by atoms with Gasteiger partial charge in [-0.3, -0.25) is 9.88 Å². The molecule has 0 radical (unpaired) electrons. The maximum atomic E-state index is 13.6. The summed E-state index contributed by atoms with van der Waals surface area (Å²) in [6.07, 6.45) is 3.50. The molecule has 94 valence electrons. The summed E-state index contributed by atoms with van der Waals surface area (Å²) in [5, 5.41) is 0. The zero-order valence-corrected chi connectivity index (χ0v) is 10.3. The van der Waals surface area contributed by atoms with Crippen LogP contribution in [-0.4, -0.2) is 16.9 Å². The lowest BCUT2D eigenvalue weighted by Gasteiger charge is -2.18.